The molecule has 4 rings (SSSR count). The molecule has 7 nitrogen and oxygen atoms in total. The average Bonchev–Trinajstić information content (AvgIpc) is 2.88. The Bertz CT molecular complexity index is 1070. The Morgan fingerprint density at radius 2 is 2.12 bits per heavy atom. The molecular weight excluding hydrogens is 332 g/mol. The molecule has 26 heavy (non-hydrogen) atoms. The van der Waals surface area contributed by atoms with Gasteiger partial charge in [-0.25, -0.2) is 4.98 Å². The Morgan fingerprint density at radius 1 is 1.35 bits per heavy atom. The maximum Gasteiger partial charge on any atom is 0.253 e. The van der Waals surface area contributed by atoms with Gasteiger partial charge in [-0.3, -0.25) is 9.36 Å². The average molecular weight is 352 g/mol. The molecule has 1 aromatic carbocycles. The van der Waals surface area contributed by atoms with E-state index in [1.165, 1.54) is 0 Å². The number of aromatic nitrogens is 2. The van der Waals surface area contributed by atoms with Crippen LogP contribution < -0.4 is 16.2 Å². The van der Waals surface area contributed by atoms with Gasteiger partial charge < -0.3 is 21.3 Å². The molecule has 0 bridgehead atoms. The number of amides is 1. The number of phenolic OH excluding ortho intramolecular Hbond substituents is 1. The summed E-state index contributed by atoms with van der Waals surface area (Å²) < 4.78 is 7.39. The van der Waals surface area contributed by atoms with Gasteiger partial charge in [0.25, 0.3) is 5.91 Å². The van der Waals surface area contributed by atoms with Crippen molar-refractivity contribution in [3.63, 3.8) is 0 Å². The molecule has 0 saturated carbocycles. The Hall–Kier alpha value is -3.22. The van der Waals surface area contributed by atoms with E-state index in [2.05, 4.69) is 0 Å². The molecule has 1 amide bonds. The number of rotatable bonds is 2. The number of carbonyl (C=O) groups excluding carboxylic acids is 1. The lowest BCUT2D eigenvalue weighted by atomic mass is 10.1. The first-order chi connectivity index (χ1) is 12.4. The van der Waals surface area contributed by atoms with E-state index in [0.717, 1.165) is 24.1 Å². The lowest BCUT2D eigenvalue weighted by molar-refractivity contribution is 0.100. The predicted molar refractivity (Wildman–Crippen MR) is 99.0 cm³/mol. The van der Waals surface area contributed by atoms with Crippen LogP contribution in [0.3, 0.4) is 0 Å². The number of phenols is 1. The molecule has 1 aliphatic heterocycles. The zero-order chi connectivity index (χ0) is 18.6. The fraction of sp³-hybridized carbons (Fsp3) is 0.263. The second-order valence-electron chi connectivity index (χ2n) is 6.59. The summed E-state index contributed by atoms with van der Waals surface area (Å²) in [6.45, 7) is 4.33. The summed E-state index contributed by atoms with van der Waals surface area (Å²) >= 11 is 0. The number of benzene rings is 1. The van der Waals surface area contributed by atoms with Crippen molar-refractivity contribution in [3.8, 4) is 17.2 Å². The van der Waals surface area contributed by atoms with Gasteiger partial charge in [0.1, 0.15) is 23.0 Å². The number of aryl methyl sites for hydroxylation is 2. The number of hydrogen-bond acceptors (Lipinski definition) is 5. The Balaban J connectivity index is 2.15. The highest BCUT2D eigenvalue weighted by atomic mass is 16.5. The van der Waals surface area contributed by atoms with Gasteiger partial charge >= 0.3 is 0 Å². The molecule has 0 saturated heterocycles. The maximum absolute atomic E-state index is 12.1. The van der Waals surface area contributed by atoms with Gasteiger partial charge in [0.2, 0.25) is 0 Å². The van der Waals surface area contributed by atoms with Crippen LogP contribution in [0.25, 0.3) is 16.7 Å². The van der Waals surface area contributed by atoms with E-state index < -0.39 is 5.91 Å². The summed E-state index contributed by atoms with van der Waals surface area (Å²) in [5, 5.41) is 10.7. The van der Waals surface area contributed by atoms with Crippen molar-refractivity contribution in [2.24, 2.45) is 5.73 Å². The van der Waals surface area contributed by atoms with Crippen molar-refractivity contribution in [1.82, 2.24) is 9.55 Å². The number of carbonyl (C=O) groups is 1. The Labute approximate surface area is 150 Å². The molecule has 0 atom stereocenters. The highest BCUT2D eigenvalue weighted by Crippen LogP contribution is 2.38. The molecule has 0 radical (unpaired) electrons. The minimum absolute atomic E-state index is 0.147. The summed E-state index contributed by atoms with van der Waals surface area (Å²) in [6.07, 6.45) is 1.68. The number of fused-ring (bicyclic) bond motifs is 2. The minimum Gasteiger partial charge on any atom is -0.508 e. The number of nitrogen functional groups attached to an aromatic ring is 1. The molecule has 2 aromatic heterocycles. The van der Waals surface area contributed by atoms with Gasteiger partial charge in [-0.2, -0.15) is 0 Å². The summed E-state index contributed by atoms with van der Waals surface area (Å²) in [5.74, 6) is 0.389. The second kappa shape index (κ2) is 5.66. The van der Waals surface area contributed by atoms with Crippen molar-refractivity contribution in [2.75, 3.05) is 12.3 Å². The zero-order valence-corrected chi connectivity index (χ0v) is 14.7. The molecule has 0 unspecified atom stereocenters. The third kappa shape index (κ3) is 2.20. The van der Waals surface area contributed by atoms with E-state index in [1.807, 2.05) is 6.92 Å². The number of aromatic hydroxyl groups is 1. The third-order valence-corrected chi connectivity index (χ3v) is 4.91. The zero-order valence-electron chi connectivity index (χ0n) is 14.7. The number of anilines is 1. The smallest absolute Gasteiger partial charge is 0.253 e. The minimum atomic E-state index is -0.626. The van der Waals surface area contributed by atoms with Crippen molar-refractivity contribution in [2.45, 2.75) is 26.7 Å². The molecule has 5 N–H and O–H groups in total. The van der Waals surface area contributed by atoms with Crippen LogP contribution >= 0.6 is 0 Å². The molecular formula is C19H20N4O3. The number of nitrogens with two attached hydrogens (primary N) is 2. The van der Waals surface area contributed by atoms with Crippen molar-refractivity contribution in [3.05, 3.63) is 40.6 Å². The molecule has 1 aliphatic rings. The van der Waals surface area contributed by atoms with Gasteiger partial charge in [0.05, 0.1) is 23.6 Å². The molecule has 0 spiro atoms. The van der Waals surface area contributed by atoms with Crippen LogP contribution in [0.5, 0.6) is 11.5 Å². The van der Waals surface area contributed by atoms with Crippen LogP contribution in [0, 0.1) is 13.8 Å². The van der Waals surface area contributed by atoms with Crippen molar-refractivity contribution >= 4 is 22.8 Å². The van der Waals surface area contributed by atoms with Gasteiger partial charge in [-0.1, -0.05) is 6.07 Å². The number of primary amides is 1. The third-order valence-electron chi connectivity index (χ3n) is 4.91. The van der Waals surface area contributed by atoms with E-state index in [0.29, 0.717) is 34.6 Å². The summed E-state index contributed by atoms with van der Waals surface area (Å²) in [7, 11) is 0. The predicted octanol–water partition coefficient (Wildman–Crippen LogP) is 2.35. The van der Waals surface area contributed by atoms with E-state index in [4.69, 9.17) is 21.2 Å². The SMILES string of the molecule is Cc1ccc(O)c(C)c1-n1c(N)c(C(N)=O)c2cc3c(nc21)CCCO3. The van der Waals surface area contributed by atoms with E-state index in [1.54, 1.807) is 29.7 Å². The summed E-state index contributed by atoms with van der Waals surface area (Å²) in [5.41, 5.74) is 15.8. The quantitative estimate of drug-likeness (QED) is 0.654. The molecule has 0 aliphatic carbocycles. The van der Waals surface area contributed by atoms with Crippen molar-refractivity contribution < 1.29 is 14.6 Å². The molecule has 3 heterocycles. The Kier molecular flexibility index (Phi) is 3.54. The van der Waals surface area contributed by atoms with Gasteiger partial charge in [0, 0.05) is 10.9 Å². The first kappa shape index (κ1) is 16.3. The van der Waals surface area contributed by atoms with Gasteiger partial charge in [0.15, 0.2) is 0 Å². The molecule has 0 fully saturated rings. The molecule has 7 heteroatoms. The van der Waals surface area contributed by atoms with Crippen LogP contribution in [0.15, 0.2) is 18.2 Å². The number of ether oxygens (including phenoxy) is 1. The number of pyridine rings is 1. The molecule has 3 aromatic rings. The van der Waals surface area contributed by atoms with Gasteiger partial charge in [-0.05, 0) is 44.4 Å². The number of nitrogens with zero attached hydrogens (tertiary/aromatic N) is 2. The standard InChI is InChI=1S/C19H20N4O3/c1-9-5-6-13(24)10(2)16(9)23-17(20)15(18(21)25)11-8-14-12(22-19(11)23)4-3-7-26-14/h5-6,8,24H,3-4,7,20H2,1-2H3,(H2,21,25). The largest absolute Gasteiger partial charge is 0.508 e. The first-order valence-electron chi connectivity index (χ1n) is 8.46. The van der Waals surface area contributed by atoms with Crippen molar-refractivity contribution in [1.29, 1.82) is 0 Å². The van der Waals surface area contributed by atoms with Crippen LogP contribution in [0.2, 0.25) is 0 Å². The first-order valence-corrected chi connectivity index (χ1v) is 8.46. The monoisotopic (exact) mass is 352 g/mol. The number of hydrogen-bond donors (Lipinski definition) is 3. The van der Waals surface area contributed by atoms with Gasteiger partial charge in [-0.15, -0.1) is 0 Å². The summed E-state index contributed by atoms with van der Waals surface area (Å²) in [6, 6.07) is 5.22. The topological polar surface area (TPSA) is 116 Å². The lowest BCUT2D eigenvalue weighted by Gasteiger charge is -2.18. The van der Waals surface area contributed by atoms with Crippen LogP contribution in [0.1, 0.15) is 33.6 Å². The van der Waals surface area contributed by atoms with E-state index >= 15 is 0 Å². The fourth-order valence-corrected chi connectivity index (χ4v) is 3.62. The Morgan fingerprint density at radius 3 is 2.85 bits per heavy atom. The normalized spacial score (nSPS) is 13.5. The maximum atomic E-state index is 12.1. The molecule has 134 valence electrons. The van der Waals surface area contributed by atoms with E-state index in [9.17, 15) is 9.90 Å². The van der Waals surface area contributed by atoms with E-state index in [-0.39, 0.29) is 17.1 Å². The second-order valence-corrected chi connectivity index (χ2v) is 6.59. The van der Waals surface area contributed by atoms with Crippen LogP contribution in [0.4, 0.5) is 5.82 Å². The highest BCUT2D eigenvalue weighted by molar-refractivity contribution is 6.11. The lowest BCUT2D eigenvalue weighted by Crippen LogP contribution is -2.14. The summed E-state index contributed by atoms with van der Waals surface area (Å²) in [4.78, 5) is 16.8. The fourth-order valence-electron chi connectivity index (χ4n) is 3.62. The van der Waals surface area contributed by atoms with Crippen LogP contribution in [-0.2, 0) is 6.42 Å². The van der Waals surface area contributed by atoms with Crippen LogP contribution in [-0.4, -0.2) is 27.2 Å². The highest BCUT2D eigenvalue weighted by Gasteiger charge is 2.26.